The first-order chi connectivity index (χ1) is 7.77. The quantitative estimate of drug-likeness (QED) is 0.801. The molecule has 1 saturated heterocycles. The van der Waals surface area contributed by atoms with E-state index >= 15 is 0 Å². The average Bonchev–Trinajstić information content (AvgIpc) is 2.84. The Kier molecular flexibility index (Phi) is 3.43. The smallest absolute Gasteiger partial charge is 0.224 e. The maximum atomic E-state index is 4.35. The van der Waals surface area contributed by atoms with Gasteiger partial charge in [0.05, 0.1) is 0 Å². The normalized spacial score (nSPS) is 24.9. The number of nitrogens with zero attached hydrogens (tertiary/aromatic N) is 3. The lowest BCUT2D eigenvalue weighted by Gasteiger charge is -2.15. The van der Waals surface area contributed by atoms with Crippen molar-refractivity contribution < 1.29 is 0 Å². The van der Waals surface area contributed by atoms with Gasteiger partial charge < -0.3 is 10.6 Å². The van der Waals surface area contributed by atoms with Crippen LogP contribution >= 0.6 is 0 Å². The van der Waals surface area contributed by atoms with Gasteiger partial charge in [-0.1, -0.05) is 6.92 Å². The molecule has 1 fully saturated rings. The van der Waals surface area contributed by atoms with Gasteiger partial charge in [0, 0.05) is 25.6 Å². The summed E-state index contributed by atoms with van der Waals surface area (Å²) in [6.45, 7) is 10.4. The summed E-state index contributed by atoms with van der Waals surface area (Å²) in [5, 5.41) is 15.2. The number of aromatic nitrogens is 3. The van der Waals surface area contributed by atoms with E-state index in [1.165, 1.54) is 0 Å². The van der Waals surface area contributed by atoms with E-state index in [2.05, 4.69) is 46.2 Å². The molecular formula is C11H21N5. The largest absolute Gasteiger partial charge is 0.355 e. The van der Waals surface area contributed by atoms with Crippen LogP contribution in [0.25, 0.3) is 0 Å². The van der Waals surface area contributed by atoms with Crippen molar-refractivity contribution in [2.75, 3.05) is 25.0 Å². The van der Waals surface area contributed by atoms with Crippen LogP contribution < -0.4 is 10.6 Å². The number of rotatable bonds is 4. The summed E-state index contributed by atoms with van der Waals surface area (Å²) in [5.41, 5.74) is 0. The summed E-state index contributed by atoms with van der Waals surface area (Å²) >= 11 is 0. The fourth-order valence-corrected chi connectivity index (χ4v) is 2.35. The number of hydrogen-bond donors (Lipinski definition) is 2. The third kappa shape index (κ3) is 1.91. The minimum atomic E-state index is 0.500. The van der Waals surface area contributed by atoms with Crippen molar-refractivity contribution >= 4 is 5.95 Å². The Morgan fingerprint density at radius 2 is 2.19 bits per heavy atom. The molecule has 1 aromatic rings. The molecule has 0 unspecified atom stereocenters. The van der Waals surface area contributed by atoms with E-state index in [-0.39, 0.29) is 0 Å². The van der Waals surface area contributed by atoms with E-state index in [9.17, 15) is 0 Å². The second-order valence-corrected chi connectivity index (χ2v) is 4.40. The highest BCUT2D eigenvalue weighted by atomic mass is 15.4. The molecule has 2 N–H and O–H groups in total. The lowest BCUT2D eigenvalue weighted by molar-refractivity contribution is 0.518. The Labute approximate surface area is 96.6 Å². The molecule has 0 amide bonds. The van der Waals surface area contributed by atoms with Crippen LogP contribution in [0, 0.1) is 5.92 Å². The number of anilines is 1. The fourth-order valence-electron chi connectivity index (χ4n) is 2.35. The van der Waals surface area contributed by atoms with Crippen LogP contribution in [0.4, 0.5) is 5.95 Å². The second-order valence-electron chi connectivity index (χ2n) is 4.40. The lowest BCUT2D eigenvalue weighted by atomic mass is 9.97. The lowest BCUT2D eigenvalue weighted by Crippen LogP contribution is -2.16. The van der Waals surface area contributed by atoms with Crippen molar-refractivity contribution in [1.29, 1.82) is 0 Å². The van der Waals surface area contributed by atoms with E-state index in [1.54, 1.807) is 0 Å². The van der Waals surface area contributed by atoms with Crippen LogP contribution in [-0.4, -0.2) is 34.4 Å². The Hall–Kier alpha value is -1.10. The van der Waals surface area contributed by atoms with Gasteiger partial charge in [-0.25, -0.2) is 0 Å². The van der Waals surface area contributed by atoms with E-state index in [1.807, 2.05) is 0 Å². The summed E-state index contributed by atoms with van der Waals surface area (Å²) in [4.78, 5) is 0. The summed E-state index contributed by atoms with van der Waals surface area (Å²) in [6.07, 6.45) is 0. The van der Waals surface area contributed by atoms with Gasteiger partial charge in [-0.2, -0.15) is 0 Å². The van der Waals surface area contributed by atoms with Gasteiger partial charge in [-0.05, 0) is 26.3 Å². The molecule has 90 valence electrons. The summed E-state index contributed by atoms with van der Waals surface area (Å²) in [5.74, 6) is 3.17. The molecule has 0 spiro atoms. The van der Waals surface area contributed by atoms with E-state index < -0.39 is 0 Å². The van der Waals surface area contributed by atoms with Gasteiger partial charge >= 0.3 is 0 Å². The average molecular weight is 223 g/mol. The molecule has 0 saturated carbocycles. The Morgan fingerprint density at radius 3 is 2.75 bits per heavy atom. The predicted octanol–water partition coefficient (Wildman–Crippen LogP) is 1.05. The second kappa shape index (κ2) is 4.82. The maximum Gasteiger partial charge on any atom is 0.224 e. The first-order valence-electron chi connectivity index (χ1n) is 6.15. The van der Waals surface area contributed by atoms with Crippen LogP contribution in [0.2, 0.25) is 0 Å². The van der Waals surface area contributed by atoms with Crippen molar-refractivity contribution in [2.24, 2.45) is 5.92 Å². The zero-order chi connectivity index (χ0) is 11.5. The van der Waals surface area contributed by atoms with Crippen molar-refractivity contribution in [3.8, 4) is 0 Å². The van der Waals surface area contributed by atoms with Crippen molar-refractivity contribution in [3.63, 3.8) is 0 Å². The highest BCUT2D eigenvalue weighted by Gasteiger charge is 2.29. The molecule has 1 aliphatic rings. The number of nitrogens with one attached hydrogen (secondary N) is 2. The highest BCUT2D eigenvalue weighted by Crippen LogP contribution is 2.27. The Morgan fingerprint density at radius 1 is 1.38 bits per heavy atom. The molecule has 0 radical (unpaired) electrons. The first-order valence-corrected chi connectivity index (χ1v) is 6.15. The Balaban J connectivity index is 2.26. The minimum absolute atomic E-state index is 0.500. The maximum absolute atomic E-state index is 4.35. The van der Waals surface area contributed by atoms with Crippen LogP contribution in [0.1, 0.15) is 32.5 Å². The summed E-state index contributed by atoms with van der Waals surface area (Å²) in [6, 6.07) is 0. The monoisotopic (exact) mass is 223 g/mol. The topological polar surface area (TPSA) is 54.8 Å². The first kappa shape index (κ1) is 11.4. The highest BCUT2D eigenvalue weighted by molar-refractivity contribution is 5.27. The zero-order valence-electron chi connectivity index (χ0n) is 10.3. The molecule has 0 bridgehead atoms. The van der Waals surface area contributed by atoms with Crippen LogP contribution in [-0.2, 0) is 6.54 Å². The van der Waals surface area contributed by atoms with Gasteiger partial charge in [-0.15, -0.1) is 10.2 Å². The molecular weight excluding hydrogens is 202 g/mol. The summed E-state index contributed by atoms with van der Waals surface area (Å²) in [7, 11) is 0. The van der Waals surface area contributed by atoms with Gasteiger partial charge in [0.25, 0.3) is 0 Å². The molecule has 2 rings (SSSR count). The molecule has 0 aromatic carbocycles. The Bertz CT molecular complexity index is 346. The van der Waals surface area contributed by atoms with Crippen molar-refractivity contribution in [2.45, 2.75) is 33.2 Å². The van der Waals surface area contributed by atoms with Crippen LogP contribution in [0.3, 0.4) is 0 Å². The molecule has 1 aromatic heterocycles. The van der Waals surface area contributed by atoms with Crippen LogP contribution in [0.5, 0.6) is 0 Å². The van der Waals surface area contributed by atoms with E-state index in [0.717, 1.165) is 38.0 Å². The molecule has 0 aliphatic carbocycles. The predicted molar refractivity (Wildman–Crippen MR) is 64.6 cm³/mol. The standard InChI is InChI=1S/C11H21N5/c1-4-13-11-15-14-10(16(11)5-2)9-7-12-6-8(9)3/h8-9,12H,4-7H2,1-3H3,(H,13,15)/t8-,9-/m1/s1. The molecule has 5 heteroatoms. The molecule has 2 heterocycles. The zero-order valence-corrected chi connectivity index (χ0v) is 10.3. The third-order valence-electron chi connectivity index (χ3n) is 3.28. The van der Waals surface area contributed by atoms with Crippen molar-refractivity contribution in [3.05, 3.63) is 5.82 Å². The third-order valence-corrected chi connectivity index (χ3v) is 3.28. The van der Waals surface area contributed by atoms with Gasteiger partial charge in [0.2, 0.25) is 5.95 Å². The number of hydrogen-bond acceptors (Lipinski definition) is 4. The molecule has 2 atom stereocenters. The van der Waals surface area contributed by atoms with E-state index in [0.29, 0.717) is 11.8 Å². The van der Waals surface area contributed by atoms with Gasteiger partial charge in [-0.3, -0.25) is 4.57 Å². The fraction of sp³-hybridized carbons (Fsp3) is 0.818. The van der Waals surface area contributed by atoms with Gasteiger partial charge in [0.15, 0.2) is 0 Å². The molecule has 16 heavy (non-hydrogen) atoms. The van der Waals surface area contributed by atoms with Gasteiger partial charge in [0.1, 0.15) is 5.82 Å². The van der Waals surface area contributed by atoms with E-state index in [4.69, 9.17) is 0 Å². The summed E-state index contributed by atoms with van der Waals surface area (Å²) < 4.78 is 2.19. The van der Waals surface area contributed by atoms with Crippen molar-refractivity contribution in [1.82, 2.24) is 20.1 Å². The molecule has 1 aliphatic heterocycles. The van der Waals surface area contributed by atoms with Crippen LogP contribution in [0.15, 0.2) is 0 Å². The SMILES string of the molecule is CCNc1nnc([C@@H]2CNC[C@H]2C)n1CC. The molecule has 5 nitrogen and oxygen atoms in total. The minimum Gasteiger partial charge on any atom is -0.355 e.